The number of nitrogens with zero attached hydrogens (tertiary/aromatic N) is 2. The Morgan fingerprint density at radius 3 is 2.66 bits per heavy atom. The summed E-state index contributed by atoms with van der Waals surface area (Å²) in [6, 6.07) is 5.75. The Hall–Kier alpha value is -2.93. The van der Waals surface area contributed by atoms with E-state index in [2.05, 4.69) is 29.1 Å². The number of ketones is 1. The van der Waals surface area contributed by atoms with E-state index in [4.69, 9.17) is 15.2 Å². The maximum absolute atomic E-state index is 11.9. The number of nitrogens with two attached hydrogens (primary N) is 1. The number of benzene rings is 1. The summed E-state index contributed by atoms with van der Waals surface area (Å²) in [6.07, 6.45) is 6.38. The number of nitrogens with one attached hydrogen (secondary N) is 1. The molecule has 7 nitrogen and oxygen atoms in total. The second-order valence-corrected chi connectivity index (χ2v) is 6.72. The van der Waals surface area contributed by atoms with E-state index in [1.807, 2.05) is 18.2 Å². The minimum atomic E-state index is -0.0780. The van der Waals surface area contributed by atoms with Gasteiger partial charge in [-0.15, -0.1) is 0 Å². The molecular weight excluding hydrogens is 368 g/mol. The molecule has 29 heavy (non-hydrogen) atoms. The van der Waals surface area contributed by atoms with Crippen molar-refractivity contribution in [3.63, 3.8) is 0 Å². The lowest BCUT2D eigenvalue weighted by atomic mass is 10.1. The van der Waals surface area contributed by atoms with Gasteiger partial charge >= 0.3 is 0 Å². The number of hydrogen-bond donors (Lipinski definition) is 2. The topological polar surface area (TPSA) is 98.3 Å². The molecule has 7 heteroatoms. The normalized spacial score (nSPS) is 12.9. The van der Waals surface area contributed by atoms with Crippen molar-refractivity contribution < 1.29 is 14.3 Å². The summed E-state index contributed by atoms with van der Waals surface area (Å²) in [4.78, 5) is 20.2. The van der Waals surface area contributed by atoms with Crippen LogP contribution in [-0.4, -0.2) is 39.0 Å². The maximum atomic E-state index is 11.9. The first-order chi connectivity index (χ1) is 13.9. The van der Waals surface area contributed by atoms with Crippen molar-refractivity contribution >= 4 is 23.9 Å². The number of allylic oxidation sites excluding steroid dienone is 2. The van der Waals surface area contributed by atoms with Gasteiger partial charge in [0, 0.05) is 50.5 Å². The van der Waals surface area contributed by atoms with E-state index in [9.17, 15) is 4.79 Å². The largest absolute Gasteiger partial charge is 0.497 e. The van der Waals surface area contributed by atoms with Crippen LogP contribution in [-0.2, 0) is 16.1 Å². The molecule has 0 aromatic heterocycles. The molecule has 0 radical (unpaired) electrons. The summed E-state index contributed by atoms with van der Waals surface area (Å²) in [5, 5.41) is 3.22. The molecule has 0 aliphatic rings. The number of methoxy groups -OCH3 is 1. The number of aliphatic imine (C=N–C) groups is 2. The van der Waals surface area contributed by atoms with Gasteiger partial charge in [0.25, 0.3) is 0 Å². The van der Waals surface area contributed by atoms with Gasteiger partial charge in [-0.1, -0.05) is 20.8 Å². The van der Waals surface area contributed by atoms with Crippen LogP contribution in [0.15, 0.2) is 51.9 Å². The Kier molecular flexibility index (Phi) is 11.0. The monoisotopic (exact) mass is 400 g/mol. The van der Waals surface area contributed by atoms with Crippen molar-refractivity contribution in [1.29, 1.82) is 0 Å². The molecule has 0 amide bonds. The Labute approximate surface area is 173 Å². The van der Waals surface area contributed by atoms with E-state index in [1.165, 1.54) is 12.4 Å². The van der Waals surface area contributed by atoms with Gasteiger partial charge in [-0.05, 0) is 29.7 Å². The minimum absolute atomic E-state index is 0.0780. The maximum Gasteiger partial charge on any atom is 0.165 e. The molecule has 1 rings (SSSR count). The second-order valence-electron chi connectivity index (χ2n) is 6.72. The summed E-state index contributed by atoms with van der Waals surface area (Å²) in [5.74, 6) is 1.59. The van der Waals surface area contributed by atoms with E-state index in [0.29, 0.717) is 42.7 Å². The van der Waals surface area contributed by atoms with Crippen LogP contribution in [0, 0.1) is 5.92 Å². The highest BCUT2D eigenvalue weighted by molar-refractivity contribution is 6.13. The Morgan fingerprint density at radius 2 is 2.07 bits per heavy atom. The summed E-state index contributed by atoms with van der Waals surface area (Å²) < 4.78 is 11.1. The lowest BCUT2D eigenvalue weighted by Gasteiger charge is -2.12. The highest BCUT2D eigenvalue weighted by atomic mass is 16.5. The fourth-order valence-electron chi connectivity index (χ4n) is 2.31. The molecule has 0 saturated heterocycles. The number of Topliss-reactive ketones (excluding diaryl/α,β-unsaturated/α-hetero) is 1. The first kappa shape index (κ1) is 24.1. The highest BCUT2D eigenvalue weighted by Gasteiger charge is 2.06. The fraction of sp³-hybridized carbons (Fsp3) is 0.409. The number of hydrogen-bond acceptors (Lipinski definition) is 7. The van der Waals surface area contributed by atoms with Crippen LogP contribution in [0.2, 0.25) is 0 Å². The smallest absolute Gasteiger partial charge is 0.165 e. The van der Waals surface area contributed by atoms with Gasteiger partial charge in [0.2, 0.25) is 0 Å². The quantitative estimate of drug-likeness (QED) is 0.412. The van der Waals surface area contributed by atoms with Gasteiger partial charge in [-0.3, -0.25) is 9.79 Å². The first-order valence-electron chi connectivity index (χ1n) is 9.57. The molecular formula is C22H32N4O3. The zero-order valence-corrected chi connectivity index (χ0v) is 17.9. The Bertz CT molecular complexity index is 780. The van der Waals surface area contributed by atoms with E-state index in [0.717, 1.165) is 11.3 Å². The van der Waals surface area contributed by atoms with Crippen LogP contribution in [0.25, 0.3) is 0 Å². The second kappa shape index (κ2) is 13.3. The van der Waals surface area contributed by atoms with Crippen LogP contribution in [0.5, 0.6) is 5.75 Å². The van der Waals surface area contributed by atoms with Crippen molar-refractivity contribution in [2.24, 2.45) is 21.6 Å². The molecule has 1 aromatic rings. The van der Waals surface area contributed by atoms with Gasteiger partial charge in [-0.2, -0.15) is 0 Å². The molecule has 0 atom stereocenters. The van der Waals surface area contributed by atoms with Crippen LogP contribution in [0.4, 0.5) is 5.69 Å². The van der Waals surface area contributed by atoms with Crippen molar-refractivity contribution in [2.75, 3.05) is 26.1 Å². The third kappa shape index (κ3) is 9.21. The van der Waals surface area contributed by atoms with Gasteiger partial charge in [-0.25, -0.2) is 4.99 Å². The lowest BCUT2D eigenvalue weighted by molar-refractivity contribution is -0.114. The Morgan fingerprint density at radius 1 is 1.31 bits per heavy atom. The zero-order valence-electron chi connectivity index (χ0n) is 17.9. The van der Waals surface area contributed by atoms with Gasteiger partial charge < -0.3 is 20.5 Å². The first-order valence-corrected chi connectivity index (χ1v) is 9.57. The number of carbonyl (C=O) groups is 1. The molecule has 0 heterocycles. The standard InChI is InChI=1S/C22H32N4O3/c1-6-21(27)18(12-23)13-25-22(7-8-24-4)26-19-9-17(10-20(11-19)28-5)15-29-14-16(2)3/h7-13,16,26H,6,14-15,23H2,1-5H3. The summed E-state index contributed by atoms with van der Waals surface area (Å²) in [7, 11) is 3.28. The average molecular weight is 401 g/mol. The average Bonchev–Trinajstić information content (AvgIpc) is 2.71. The molecule has 0 fully saturated rings. The van der Waals surface area contributed by atoms with Crippen LogP contribution < -0.4 is 15.8 Å². The van der Waals surface area contributed by atoms with E-state index < -0.39 is 0 Å². The van der Waals surface area contributed by atoms with Crippen LogP contribution >= 0.6 is 0 Å². The molecule has 3 N–H and O–H groups in total. The van der Waals surface area contributed by atoms with Crippen LogP contribution in [0.1, 0.15) is 32.8 Å². The molecule has 0 saturated carbocycles. The molecule has 0 aliphatic carbocycles. The third-order valence-electron chi connectivity index (χ3n) is 3.74. The number of rotatable bonds is 12. The van der Waals surface area contributed by atoms with E-state index in [-0.39, 0.29) is 5.78 Å². The highest BCUT2D eigenvalue weighted by Crippen LogP contribution is 2.23. The van der Waals surface area contributed by atoms with Gasteiger partial charge in [0.1, 0.15) is 11.6 Å². The van der Waals surface area contributed by atoms with Gasteiger partial charge in [0.05, 0.1) is 19.3 Å². The van der Waals surface area contributed by atoms with Gasteiger partial charge in [0.15, 0.2) is 5.78 Å². The summed E-state index contributed by atoms with van der Waals surface area (Å²) in [5.41, 5.74) is 7.65. The minimum Gasteiger partial charge on any atom is -0.497 e. The summed E-state index contributed by atoms with van der Waals surface area (Å²) >= 11 is 0. The number of anilines is 1. The number of ether oxygens (including phenoxy) is 2. The van der Waals surface area contributed by atoms with Crippen molar-refractivity contribution in [2.45, 2.75) is 33.8 Å². The molecule has 1 aromatic carbocycles. The van der Waals surface area contributed by atoms with Crippen LogP contribution in [0.3, 0.4) is 0 Å². The van der Waals surface area contributed by atoms with E-state index in [1.54, 1.807) is 33.4 Å². The predicted octanol–water partition coefficient (Wildman–Crippen LogP) is 3.71. The van der Waals surface area contributed by atoms with E-state index >= 15 is 0 Å². The molecule has 158 valence electrons. The predicted molar refractivity (Wildman–Crippen MR) is 120 cm³/mol. The van der Waals surface area contributed by atoms with Crippen molar-refractivity contribution in [1.82, 2.24) is 0 Å². The lowest BCUT2D eigenvalue weighted by Crippen LogP contribution is -2.06. The summed E-state index contributed by atoms with van der Waals surface area (Å²) in [6.45, 7) is 7.15. The molecule has 0 bridgehead atoms. The Balaban J connectivity index is 3.07. The SMILES string of the molecule is CCC(=O)C(C=NC(=CC=NC)Nc1cc(COCC(C)C)cc(OC)c1)=CN. The number of carbonyl (C=O) groups excluding carboxylic acids is 1. The zero-order chi connectivity index (χ0) is 21.6. The third-order valence-corrected chi connectivity index (χ3v) is 3.74. The molecule has 0 unspecified atom stereocenters. The molecule has 0 aliphatic heterocycles. The van der Waals surface area contributed by atoms with Crippen molar-refractivity contribution in [3.05, 3.63) is 47.4 Å². The van der Waals surface area contributed by atoms with Crippen molar-refractivity contribution in [3.8, 4) is 5.75 Å². The molecule has 0 spiro atoms. The fourth-order valence-corrected chi connectivity index (χ4v) is 2.31.